The minimum atomic E-state index is -0.451. The maximum atomic E-state index is 9.44. The third-order valence-corrected chi connectivity index (χ3v) is 3.32. The Morgan fingerprint density at radius 2 is 2.22 bits per heavy atom. The molecular weight excluding hydrogens is 250 g/mol. The minimum absolute atomic E-state index is 0.0763. The van der Waals surface area contributed by atoms with Crippen molar-refractivity contribution in [2.24, 2.45) is 10.9 Å². The van der Waals surface area contributed by atoms with E-state index in [-0.39, 0.29) is 5.84 Å². The van der Waals surface area contributed by atoms with Gasteiger partial charge in [-0.05, 0) is 25.3 Å². The van der Waals surface area contributed by atoms with E-state index in [2.05, 4.69) is 5.16 Å². The largest absolute Gasteiger partial charge is 0.409 e. The molecule has 0 aliphatic carbocycles. The molecule has 1 aromatic carbocycles. The Labute approximate surface area is 111 Å². The molecule has 1 unspecified atom stereocenters. The van der Waals surface area contributed by atoms with Gasteiger partial charge in [-0.1, -0.05) is 11.2 Å². The molecule has 6 heteroatoms. The topological polar surface area (TPSA) is 82.1 Å². The van der Waals surface area contributed by atoms with Gasteiger partial charge in [0, 0.05) is 24.2 Å². The van der Waals surface area contributed by atoms with Crippen molar-refractivity contribution in [3.63, 3.8) is 0 Å². The Kier molecular flexibility index (Phi) is 5.30. The zero-order valence-electron chi connectivity index (χ0n) is 10.8. The first kappa shape index (κ1) is 14.7. The first-order chi connectivity index (χ1) is 8.51. The number of rotatable bonds is 5. The molecule has 0 aliphatic rings. The Morgan fingerprint density at radius 1 is 1.56 bits per heavy atom. The average molecular weight is 269 g/mol. The summed E-state index contributed by atoms with van der Waals surface area (Å²) in [5, 5.41) is 21.4. The van der Waals surface area contributed by atoms with Gasteiger partial charge >= 0.3 is 0 Å². The minimum Gasteiger partial charge on any atom is -0.409 e. The quantitative estimate of drug-likeness (QED) is 0.247. The predicted octanol–water partition coefficient (Wildman–Crippen LogP) is 1.32. The summed E-state index contributed by atoms with van der Waals surface area (Å²) in [5.74, 6) is 0.0763. The second-order valence-electron chi connectivity index (χ2n) is 4.07. The van der Waals surface area contributed by atoms with Crippen molar-refractivity contribution >= 4 is 23.3 Å². The Hall–Kier alpha value is -1.40. The molecule has 0 bridgehead atoms. The van der Waals surface area contributed by atoms with E-state index in [4.69, 9.17) is 10.9 Å². The smallest absolute Gasteiger partial charge is 0.173 e. The number of hydrogen-bond donors (Lipinski definition) is 3. The van der Waals surface area contributed by atoms with Crippen LogP contribution in [0.4, 0.5) is 5.69 Å². The van der Waals surface area contributed by atoms with Gasteiger partial charge < -0.3 is 20.9 Å². The molecule has 0 aliphatic heterocycles. The highest BCUT2D eigenvalue weighted by Crippen LogP contribution is 2.29. The number of thioether (sulfide) groups is 1. The van der Waals surface area contributed by atoms with Crippen molar-refractivity contribution in [2.75, 3.05) is 24.7 Å². The fraction of sp³-hybridized carbons (Fsp3) is 0.417. The Bertz CT molecular complexity index is 435. The summed E-state index contributed by atoms with van der Waals surface area (Å²) in [4.78, 5) is 2.82. The summed E-state index contributed by atoms with van der Waals surface area (Å²) in [5.41, 5.74) is 7.26. The molecule has 0 fully saturated rings. The first-order valence-corrected chi connectivity index (χ1v) is 6.77. The maximum absolute atomic E-state index is 9.44. The van der Waals surface area contributed by atoms with Crippen molar-refractivity contribution in [1.29, 1.82) is 0 Å². The standard InChI is InChI=1S/C12H19N3O2S/c1-8(16)7-15(2)9-5-4-6-10(18-3)11(9)12(13)14-17/h4-6,8,16-17H,7H2,1-3H3,(H2,13,14). The van der Waals surface area contributed by atoms with Gasteiger partial charge in [0.1, 0.15) is 0 Å². The van der Waals surface area contributed by atoms with E-state index >= 15 is 0 Å². The molecule has 0 spiro atoms. The fourth-order valence-electron chi connectivity index (χ4n) is 1.81. The van der Waals surface area contributed by atoms with Gasteiger partial charge in [0.05, 0.1) is 11.7 Å². The van der Waals surface area contributed by atoms with E-state index in [1.807, 2.05) is 36.4 Å². The molecule has 1 aromatic rings. The van der Waals surface area contributed by atoms with Crippen molar-refractivity contribution in [2.45, 2.75) is 17.9 Å². The van der Waals surface area contributed by atoms with Gasteiger partial charge in [-0.3, -0.25) is 0 Å². The highest BCUT2D eigenvalue weighted by atomic mass is 32.2. The number of oxime groups is 1. The van der Waals surface area contributed by atoms with Crippen LogP contribution in [0.2, 0.25) is 0 Å². The summed E-state index contributed by atoms with van der Waals surface area (Å²) in [7, 11) is 1.86. The second-order valence-corrected chi connectivity index (χ2v) is 4.92. The van der Waals surface area contributed by atoms with Crippen LogP contribution < -0.4 is 10.6 Å². The molecule has 0 saturated carbocycles. The molecular formula is C12H19N3O2S. The van der Waals surface area contributed by atoms with Crippen LogP contribution in [0.1, 0.15) is 12.5 Å². The number of anilines is 1. The van der Waals surface area contributed by atoms with Gasteiger partial charge in [0.25, 0.3) is 0 Å². The maximum Gasteiger partial charge on any atom is 0.173 e. The fourth-order valence-corrected chi connectivity index (χ4v) is 2.44. The average Bonchev–Trinajstić information content (AvgIpc) is 2.35. The molecule has 100 valence electrons. The van der Waals surface area contributed by atoms with Crippen LogP contribution in [0.15, 0.2) is 28.3 Å². The molecule has 4 N–H and O–H groups in total. The van der Waals surface area contributed by atoms with Crippen LogP contribution in [0.25, 0.3) is 0 Å². The van der Waals surface area contributed by atoms with Crippen LogP contribution >= 0.6 is 11.8 Å². The van der Waals surface area contributed by atoms with E-state index in [0.717, 1.165) is 10.6 Å². The van der Waals surface area contributed by atoms with E-state index in [9.17, 15) is 5.11 Å². The van der Waals surface area contributed by atoms with Gasteiger partial charge in [-0.25, -0.2) is 0 Å². The summed E-state index contributed by atoms with van der Waals surface area (Å²) in [6, 6.07) is 5.71. The lowest BCUT2D eigenvalue weighted by molar-refractivity contribution is 0.201. The zero-order valence-corrected chi connectivity index (χ0v) is 11.6. The van der Waals surface area contributed by atoms with Crippen molar-refractivity contribution in [3.05, 3.63) is 23.8 Å². The van der Waals surface area contributed by atoms with Crippen LogP contribution in [-0.2, 0) is 0 Å². The lowest BCUT2D eigenvalue weighted by Gasteiger charge is -2.24. The van der Waals surface area contributed by atoms with E-state index < -0.39 is 6.10 Å². The summed E-state index contributed by atoms with van der Waals surface area (Å²) in [6.45, 7) is 2.20. The highest BCUT2D eigenvalue weighted by Gasteiger charge is 2.16. The summed E-state index contributed by atoms with van der Waals surface area (Å²) >= 11 is 1.53. The van der Waals surface area contributed by atoms with Crippen molar-refractivity contribution < 1.29 is 10.3 Å². The number of aliphatic hydroxyl groups excluding tert-OH is 1. The molecule has 0 saturated heterocycles. The van der Waals surface area contributed by atoms with Crippen LogP contribution in [-0.4, -0.2) is 42.1 Å². The number of nitrogens with two attached hydrogens (primary N) is 1. The van der Waals surface area contributed by atoms with Gasteiger partial charge in [0.2, 0.25) is 0 Å². The number of amidine groups is 1. The molecule has 0 amide bonds. The van der Waals surface area contributed by atoms with Crippen LogP contribution in [0.5, 0.6) is 0 Å². The van der Waals surface area contributed by atoms with Crippen LogP contribution in [0, 0.1) is 0 Å². The molecule has 1 atom stereocenters. The number of nitrogens with zero attached hydrogens (tertiary/aromatic N) is 2. The van der Waals surface area contributed by atoms with Crippen LogP contribution in [0.3, 0.4) is 0 Å². The van der Waals surface area contributed by atoms with E-state index in [1.165, 1.54) is 11.8 Å². The van der Waals surface area contributed by atoms with E-state index in [1.54, 1.807) is 6.92 Å². The number of aliphatic hydroxyl groups is 1. The van der Waals surface area contributed by atoms with Gasteiger partial charge in [-0.15, -0.1) is 11.8 Å². The van der Waals surface area contributed by atoms with Gasteiger partial charge in [0.15, 0.2) is 5.84 Å². The number of hydrogen-bond acceptors (Lipinski definition) is 5. The molecule has 0 radical (unpaired) electrons. The summed E-state index contributed by atoms with van der Waals surface area (Å²) in [6.07, 6.45) is 1.48. The lowest BCUT2D eigenvalue weighted by Crippen LogP contribution is -2.29. The highest BCUT2D eigenvalue weighted by molar-refractivity contribution is 7.98. The monoisotopic (exact) mass is 269 g/mol. The normalized spacial score (nSPS) is 13.4. The molecule has 1 rings (SSSR count). The Morgan fingerprint density at radius 3 is 2.72 bits per heavy atom. The third-order valence-electron chi connectivity index (χ3n) is 2.54. The molecule has 0 heterocycles. The SMILES string of the molecule is CSc1cccc(N(C)CC(C)O)c1/C(N)=N/O. The molecule has 5 nitrogen and oxygen atoms in total. The summed E-state index contributed by atoms with van der Waals surface area (Å²) < 4.78 is 0. The lowest BCUT2D eigenvalue weighted by atomic mass is 10.1. The van der Waals surface area contributed by atoms with E-state index in [0.29, 0.717) is 12.1 Å². The van der Waals surface area contributed by atoms with Crippen molar-refractivity contribution in [1.82, 2.24) is 0 Å². The van der Waals surface area contributed by atoms with Gasteiger partial charge in [-0.2, -0.15) is 0 Å². The molecule has 18 heavy (non-hydrogen) atoms. The number of benzene rings is 1. The molecule has 0 aromatic heterocycles. The van der Waals surface area contributed by atoms with Crippen molar-refractivity contribution in [3.8, 4) is 0 Å². The Balaban J connectivity index is 3.26. The first-order valence-electron chi connectivity index (χ1n) is 5.55. The second kappa shape index (κ2) is 6.51. The third kappa shape index (κ3) is 3.30. The number of likely N-dealkylation sites (N-methyl/N-ethyl adjacent to an activating group) is 1. The predicted molar refractivity (Wildman–Crippen MR) is 75.7 cm³/mol. The zero-order chi connectivity index (χ0) is 13.7.